The van der Waals surface area contributed by atoms with Crippen molar-refractivity contribution >= 4 is 16.5 Å². The third kappa shape index (κ3) is 2.02. The molecule has 0 spiro atoms. The molecule has 5 nitrogen and oxygen atoms in total. The molecule has 0 amide bonds. The van der Waals surface area contributed by atoms with E-state index in [4.69, 9.17) is 5.84 Å². The van der Waals surface area contributed by atoms with Crippen molar-refractivity contribution in [3.63, 3.8) is 0 Å². The molecule has 1 saturated carbocycles. The lowest BCUT2D eigenvalue weighted by Crippen LogP contribution is -2.36. The Kier molecular flexibility index (Phi) is 2.95. The molecule has 1 heterocycles. The van der Waals surface area contributed by atoms with Crippen LogP contribution in [0.2, 0.25) is 0 Å². The summed E-state index contributed by atoms with van der Waals surface area (Å²) in [5, 5.41) is 9.65. The van der Waals surface area contributed by atoms with Gasteiger partial charge < -0.3 is 0 Å². The molecule has 1 aliphatic carbocycles. The van der Waals surface area contributed by atoms with E-state index in [2.05, 4.69) is 27.6 Å². The van der Waals surface area contributed by atoms with Crippen molar-refractivity contribution in [1.82, 2.24) is 15.1 Å². The van der Waals surface area contributed by atoms with Crippen LogP contribution in [-0.4, -0.2) is 28.2 Å². The number of nitrogens with one attached hydrogen (secondary N) is 1. The van der Waals surface area contributed by atoms with Crippen LogP contribution in [0.3, 0.4) is 0 Å². The zero-order valence-electron chi connectivity index (χ0n) is 8.23. The Balaban J connectivity index is 1.89. The van der Waals surface area contributed by atoms with Crippen molar-refractivity contribution in [3.8, 4) is 0 Å². The lowest BCUT2D eigenvalue weighted by atomic mass is 9.92. The van der Waals surface area contributed by atoms with E-state index in [1.165, 1.54) is 30.6 Å². The van der Waals surface area contributed by atoms with E-state index in [1.54, 1.807) is 0 Å². The molecule has 0 radical (unpaired) electrons. The van der Waals surface area contributed by atoms with Crippen molar-refractivity contribution in [2.75, 3.05) is 12.5 Å². The lowest BCUT2D eigenvalue weighted by molar-refractivity contribution is 0.152. The summed E-state index contributed by atoms with van der Waals surface area (Å²) in [6.45, 7) is 0.879. The zero-order valence-corrected chi connectivity index (χ0v) is 9.05. The number of nitrogens with zero attached hydrogens (tertiary/aromatic N) is 3. The molecule has 3 N–H and O–H groups in total. The van der Waals surface area contributed by atoms with Crippen LogP contribution in [0.15, 0.2) is 0 Å². The van der Waals surface area contributed by atoms with E-state index in [0.29, 0.717) is 5.13 Å². The van der Waals surface area contributed by atoms with Crippen LogP contribution in [0, 0.1) is 0 Å². The molecule has 1 aliphatic rings. The van der Waals surface area contributed by atoms with Crippen LogP contribution in [0.1, 0.15) is 24.3 Å². The number of hydrazine groups is 1. The Morgan fingerprint density at radius 3 is 2.86 bits per heavy atom. The Hall–Kier alpha value is -0.720. The van der Waals surface area contributed by atoms with E-state index < -0.39 is 0 Å². The van der Waals surface area contributed by atoms with Gasteiger partial charge in [0, 0.05) is 6.04 Å². The maximum Gasteiger partial charge on any atom is 0.219 e. The van der Waals surface area contributed by atoms with E-state index >= 15 is 0 Å². The highest BCUT2D eigenvalue weighted by molar-refractivity contribution is 7.15. The maximum atomic E-state index is 5.24. The molecule has 0 aromatic carbocycles. The number of hydrogen-bond donors (Lipinski definition) is 2. The van der Waals surface area contributed by atoms with Crippen LogP contribution in [0.4, 0.5) is 5.13 Å². The number of aromatic nitrogens is 2. The molecule has 0 aliphatic heterocycles. The highest BCUT2D eigenvalue weighted by Gasteiger charge is 2.22. The van der Waals surface area contributed by atoms with Crippen molar-refractivity contribution < 1.29 is 0 Å². The van der Waals surface area contributed by atoms with Gasteiger partial charge in [-0.2, -0.15) is 0 Å². The normalized spacial score (nSPS) is 17.1. The van der Waals surface area contributed by atoms with E-state index in [1.807, 2.05) is 0 Å². The van der Waals surface area contributed by atoms with Crippen LogP contribution in [-0.2, 0) is 6.54 Å². The van der Waals surface area contributed by atoms with Crippen molar-refractivity contribution in [1.29, 1.82) is 0 Å². The molecular formula is C8H15N5S. The Bertz CT molecular complexity index is 296. The van der Waals surface area contributed by atoms with Crippen LogP contribution >= 0.6 is 11.3 Å². The average Bonchev–Trinajstić information content (AvgIpc) is 2.48. The van der Waals surface area contributed by atoms with Gasteiger partial charge in [-0.15, -0.1) is 10.2 Å². The third-order valence-corrected chi connectivity index (χ3v) is 3.51. The van der Waals surface area contributed by atoms with E-state index in [-0.39, 0.29) is 0 Å². The van der Waals surface area contributed by atoms with Crippen molar-refractivity contribution in [3.05, 3.63) is 5.01 Å². The van der Waals surface area contributed by atoms with Gasteiger partial charge in [0.15, 0.2) is 0 Å². The molecule has 1 fully saturated rings. The molecule has 2 rings (SSSR count). The van der Waals surface area contributed by atoms with Crippen LogP contribution < -0.4 is 11.3 Å². The van der Waals surface area contributed by atoms with Gasteiger partial charge in [-0.25, -0.2) is 5.84 Å². The zero-order chi connectivity index (χ0) is 9.97. The Labute approximate surface area is 87.3 Å². The Morgan fingerprint density at radius 1 is 1.57 bits per heavy atom. The summed E-state index contributed by atoms with van der Waals surface area (Å²) in [7, 11) is 2.14. The monoisotopic (exact) mass is 213 g/mol. The molecule has 0 atom stereocenters. The fourth-order valence-corrected chi connectivity index (χ4v) is 2.26. The fourth-order valence-electron chi connectivity index (χ4n) is 1.55. The second kappa shape index (κ2) is 4.20. The third-order valence-electron chi connectivity index (χ3n) is 2.67. The van der Waals surface area contributed by atoms with Gasteiger partial charge in [0.25, 0.3) is 0 Å². The minimum absolute atomic E-state index is 0.682. The molecule has 0 saturated heterocycles. The summed E-state index contributed by atoms with van der Waals surface area (Å²) in [6, 6.07) is 0.744. The number of anilines is 1. The lowest BCUT2D eigenvalue weighted by Gasteiger charge is -2.33. The first-order valence-electron chi connectivity index (χ1n) is 4.79. The van der Waals surface area contributed by atoms with Gasteiger partial charge in [-0.05, 0) is 19.9 Å². The van der Waals surface area contributed by atoms with Crippen molar-refractivity contribution in [2.45, 2.75) is 31.8 Å². The van der Waals surface area contributed by atoms with Gasteiger partial charge >= 0.3 is 0 Å². The minimum Gasteiger partial charge on any atom is -0.298 e. The smallest absolute Gasteiger partial charge is 0.219 e. The van der Waals surface area contributed by atoms with E-state index in [9.17, 15) is 0 Å². The van der Waals surface area contributed by atoms with E-state index in [0.717, 1.165) is 17.6 Å². The maximum absolute atomic E-state index is 5.24. The standard InChI is InChI=1S/C8H15N5S/c1-13(6-3-2-4-6)5-7-11-12-8(10-9)14-7/h6H,2-5,9H2,1H3,(H,10,12). The topological polar surface area (TPSA) is 67.1 Å². The fraction of sp³-hybridized carbons (Fsp3) is 0.750. The highest BCUT2D eigenvalue weighted by Crippen LogP contribution is 2.25. The highest BCUT2D eigenvalue weighted by atomic mass is 32.1. The van der Waals surface area contributed by atoms with Gasteiger partial charge in [0.1, 0.15) is 5.01 Å². The predicted octanol–water partition coefficient (Wildman–Crippen LogP) is 0.808. The predicted molar refractivity (Wildman–Crippen MR) is 56.8 cm³/mol. The summed E-state index contributed by atoms with van der Waals surface area (Å²) in [5.74, 6) is 5.24. The summed E-state index contributed by atoms with van der Waals surface area (Å²) in [4.78, 5) is 2.34. The largest absolute Gasteiger partial charge is 0.298 e. The minimum atomic E-state index is 0.682. The van der Waals surface area contributed by atoms with Crippen LogP contribution in [0.25, 0.3) is 0 Å². The summed E-state index contributed by atoms with van der Waals surface area (Å²) < 4.78 is 0. The molecule has 0 unspecified atom stereocenters. The van der Waals surface area contributed by atoms with Gasteiger partial charge in [-0.1, -0.05) is 17.8 Å². The quantitative estimate of drug-likeness (QED) is 0.572. The molecule has 6 heteroatoms. The number of nitrogen functional groups attached to an aromatic ring is 1. The first-order chi connectivity index (χ1) is 6.79. The molecular weight excluding hydrogens is 198 g/mol. The Morgan fingerprint density at radius 2 is 2.36 bits per heavy atom. The van der Waals surface area contributed by atoms with Gasteiger partial charge in [0.2, 0.25) is 5.13 Å². The molecule has 1 aromatic rings. The molecule has 14 heavy (non-hydrogen) atoms. The summed E-state index contributed by atoms with van der Waals surface area (Å²) >= 11 is 1.51. The van der Waals surface area contributed by atoms with Gasteiger partial charge in [-0.3, -0.25) is 10.3 Å². The molecule has 1 aromatic heterocycles. The van der Waals surface area contributed by atoms with Crippen LogP contribution in [0.5, 0.6) is 0 Å². The number of hydrogen-bond acceptors (Lipinski definition) is 6. The van der Waals surface area contributed by atoms with Gasteiger partial charge in [0.05, 0.1) is 6.54 Å². The molecule has 78 valence electrons. The molecule has 0 bridgehead atoms. The number of nitrogens with two attached hydrogens (primary N) is 1. The first kappa shape index (κ1) is 9.82. The average molecular weight is 213 g/mol. The SMILES string of the molecule is CN(Cc1nnc(NN)s1)C1CCC1. The first-order valence-corrected chi connectivity index (χ1v) is 5.60. The summed E-state index contributed by atoms with van der Waals surface area (Å²) in [5.41, 5.74) is 2.50. The second-order valence-corrected chi connectivity index (χ2v) is 4.71. The van der Waals surface area contributed by atoms with Crippen molar-refractivity contribution in [2.24, 2.45) is 5.84 Å². The second-order valence-electron chi connectivity index (χ2n) is 3.65. The number of rotatable bonds is 4. The summed E-state index contributed by atoms with van der Waals surface area (Å²) in [6.07, 6.45) is 4.00.